The number of carbonyl (C=O) groups excluding carboxylic acids is 2. The number of H-pyrrole nitrogens is 1. The minimum Gasteiger partial charge on any atom is -0.434 e. The molecule has 1 fully saturated rings. The van der Waals surface area contributed by atoms with Gasteiger partial charge >= 0.3 is 6.03 Å². The van der Waals surface area contributed by atoms with E-state index in [-0.39, 0.29) is 33.7 Å². The molecule has 1 unspecified atom stereocenters. The molecule has 1 aliphatic heterocycles. The number of hydrazine groups is 1. The van der Waals surface area contributed by atoms with E-state index in [9.17, 15) is 14.4 Å². The van der Waals surface area contributed by atoms with Crippen LogP contribution < -0.4 is 26.0 Å². The fraction of sp³-hybridized carbons (Fsp3) is 0.150. The van der Waals surface area contributed by atoms with Gasteiger partial charge in [-0.15, -0.1) is 5.10 Å². The molecule has 0 aliphatic carbocycles. The topological polar surface area (TPSA) is 129 Å². The zero-order valence-electron chi connectivity index (χ0n) is 16.6. The molecule has 1 atom stereocenters. The van der Waals surface area contributed by atoms with Crippen molar-refractivity contribution < 1.29 is 14.3 Å². The SMILES string of the molecule is CC1NN(c2cc(Cl)c(Oc3cc(Cc4ccccn4)c(=O)[nH]n3)c(Cl)c2)C(=O)NC1=O. The summed E-state index contributed by atoms with van der Waals surface area (Å²) in [5.41, 5.74) is 3.77. The number of anilines is 1. The van der Waals surface area contributed by atoms with Crippen molar-refractivity contribution in [2.24, 2.45) is 0 Å². The first kappa shape index (κ1) is 21.8. The first-order chi connectivity index (χ1) is 15.3. The molecule has 1 saturated heterocycles. The summed E-state index contributed by atoms with van der Waals surface area (Å²) in [5.74, 6) is -0.295. The average molecular weight is 475 g/mol. The predicted molar refractivity (Wildman–Crippen MR) is 117 cm³/mol. The second kappa shape index (κ2) is 8.95. The van der Waals surface area contributed by atoms with E-state index in [1.54, 1.807) is 25.3 Å². The summed E-state index contributed by atoms with van der Waals surface area (Å²) in [6.07, 6.45) is 1.92. The highest BCUT2D eigenvalue weighted by Crippen LogP contribution is 2.39. The van der Waals surface area contributed by atoms with Crippen molar-refractivity contribution in [3.05, 3.63) is 74.3 Å². The lowest BCUT2D eigenvalue weighted by molar-refractivity contribution is -0.122. The molecule has 0 bridgehead atoms. The molecule has 3 aromatic rings. The van der Waals surface area contributed by atoms with Crippen molar-refractivity contribution in [2.75, 3.05) is 5.01 Å². The number of hydrogen-bond acceptors (Lipinski definition) is 7. The van der Waals surface area contributed by atoms with E-state index in [0.717, 1.165) is 5.01 Å². The number of hydrogen-bond donors (Lipinski definition) is 3. The fourth-order valence-electron chi connectivity index (χ4n) is 2.96. The largest absolute Gasteiger partial charge is 0.434 e. The van der Waals surface area contributed by atoms with Crippen LogP contribution in [0.4, 0.5) is 10.5 Å². The summed E-state index contributed by atoms with van der Waals surface area (Å²) in [7, 11) is 0. The summed E-state index contributed by atoms with van der Waals surface area (Å²) >= 11 is 12.7. The zero-order valence-corrected chi connectivity index (χ0v) is 18.1. The predicted octanol–water partition coefficient (Wildman–Crippen LogP) is 2.80. The molecule has 32 heavy (non-hydrogen) atoms. The Balaban J connectivity index is 1.59. The van der Waals surface area contributed by atoms with Gasteiger partial charge in [0.15, 0.2) is 5.75 Å². The number of ether oxygens (including phenoxy) is 1. The maximum absolute atomic E-state index is 12.1. The van der Waals surface area contributed by atoms with Crippen molar-refractivity contribution in [1.29, 1.82) is 0 Å². The van der Waals surface area contributed by atoms with Crippen LogP contribution >= 0.6 is 23.2 Å². The van der Waals surface area contributed by atoms with Crippen molar-refractivity contribution in [3.8, 4) is 11.6 Å². The number of carbonyl (C=O) groups is 2. The number of imide groups is 1. The van der Waals surface area contributed by atoms with Gasteiger partial charge in [-0.1, -0.05) is 29.3 Å². The molecule has 4 rings (SSSR count). The third-order valence-electron chi connectivity index (χ3n) is 4.55. The zero-order chi connectivity index (χ0) is 22.8. The van der Waals surface area contributed by atoms with Crippen LogP contribution in [0.15, 0.2) is 47.4 Å². The Kier molecular flexibility index (Phi) is 6.08. The Morgan fingerprint density at radius 1 is 1.12 bits per heavy atom. The van der Waals surface area contributed by atoms with Gasteiger partial charge in [0, 0.05) is 29.9 Å². The van der Waals surface area contributed by atoms with Crippen molar-refractivity contribution in [2.45, 2.75) is 19.4 Å². The summed E-state index contributed by atoms with van der Waals surface area (Å²) in [4.78, 5) is 40.1. The van der Waals surface area contributed by atoms with Gasteiger partial charge in [0.05, 0.1) is 15.7 Å². The number of pyridine rings is 1. The first-order valence-electron chi connectivity index (χ1n) is 9.38. The number of aromatic nitrogens is 3. The fourth-order valence-corrected chi connectivity index (χ4v) is 3.51. The van der Waals surface area contributed by atoms with E-state index < -0.39 is 18.0 Å². The van der Waals surface area contributed by atoms with Crippen molar-refractivity contribution in [3.63, 3.8) is 0 Å². The average Bonchev–Trinajstić information content (AvgIpc) is 2.76. The lowest BCUT2D eigenvalue weighted by Crippen LogP contribution is -2.63. The van der Waals surface area contributed by atoms with Gasteiger partial charge in [0.1, 0.15) is 6.04 Å². The number of aromatic amines is 1. The van der Waals surface area contributed by atoms with Crippen molar-refractivity contribution in [1.82, 2.24) is 25.9 Å². The van der Waals surface area contributed by atoms with Crippen molar-refractivity contribution >= 4 is 40.8 Å². The molecule has 12 heteroatoms. The van der Waals surface area contributed by atoms with E-state index in [0.29, 0.717) is 16.9 Å². The molecular formula is C20H16Cl2N6O4. The molecule has 0 saturated carbocycles. The number of urea groups is 1. The second-order valence-corrected chi connectivity index (χ2v) is 7.69. The van der Waals surface area contributed by atoms with E-state index >= 15 is 0 Å². The number of nitrogens with zero attached hydrogens (tertiary/aromatic N) is 3. The Labute approximate surface area is 191 Å². The van der Waals surface area contributed by atoms with E-state index in [4.69, 9.17) is 27.9 Å². The standard InChI is InChI=1S/C20H16Cl2N6O4/c1-10-18(29)24-20(31)28(27-10)13-8-14(21)17(15(22)9-13)32-16-7-11(19(30)26-25-16)6-12-4-2-3-5-23-12/h2-5,7-10,27H,6H2,1H3,(H,26,30)(H,24,29,31). The Morgan fingerprint density at radius 2 is 1.88 bits per heavy atom. The van der Waals surface area contributed by atoms with Crippen LogP contribution in [0.3, 0.4) is 0 Å². The first-order valence-corrected chi connectivity index (χ1v) is 10.1. The minimum atomic E-state index is -0.671. The van der Waals surface area contributed by atoms with Gasteiger partial charge in [-0.05, 0) is 31.2 Å². The molecule has 164 valence electrons. The monoisotopic (exact) mass is 474 g/mol. The van der Waals surface area contributed by atoms with Gasteiger partial charge in [-0.2, -0.15) is 0 Å². The highest BCUT2D eigenvalue weighted by molar-refractivity contribution is 6.37. The van der Waals surface area contributed by atoms with Gasteiger partial charge in [-0.25, -0.2) is 20.3 Å². The highest BCUT2D eigenvalue weighted by atomic mass is 35.5. The molecule has 3 heterocycles. The van der Waals surface area contributed by atoms with Crippen LogP contribution in [0, 0.1) is 0 Å². The molecule has 0 spiro atoms. The summed E-state index contributed by atoms with van der Waals surface area (Å²) in [5, 5.41) is 9.78. The lowest BCUT2D eigenvalue weighted by Gasteiger charge is -2.31. The summed E-state index contributed by atoms with van der Waals surface area (Å²) < 4.78 is 5.72. The maximum atomic E-state index is 12.1. The molecular weight excluding hydrogens is 459 g/mol. The Hall–Kier alpha value is -3.47. The highest BCUT2D eigenvalue weighted by Gasteiger charge is 2.30. The van der Waals surface area contributed by atoms with Crippen LogP contribution in [-0.4, -0.2) is 33.2 Å². The molecule has 0 radical (unpaired) electrons. The van der Waals surface area contributed by atoms with Gasteiger partial charge in [0.25, 0.3) is 5.56 Å². The van der Waals surface area contributed by atoms with Crippen LogP contribution in [-0.2, 0) is 11.2 Å². The van der Waals surface area contributed by atoms with E-state index in [2.05, 4.69) is 25.9 Å². The summed E-state index contributed by atoms with van der Waals surface area (Å²) in [6, 6.07) is 8.46. The second-order valence-electron chi connectivity index (χ2n) is 6.88. The Morgan fingerprint density at radius 3 is 2.56 bits per heavy atom. The van der Waals surface area contributed by atoms with E-state index in [1.807, 2.05) is 6.07 Å². The van der Waals surface area contributed by atoms with Crippen LogP contribution in [0.2, 0.25) is 10.0 Å². The molecule has 2 aromatic heterocycles. The number of rotatable bonds is 5. The third kappa shape index (κ3) is 4.57. The molecule has 3 N–H and O–H groups in total. The molecule has 10 nitrogen and oxygen atoms in total. The smallest absolute Gasteiger partial charge is 0.343 e. The van der Waals surface area contributed by atoms with Gasteiger partial charge < -0.3 is 4.74 Å². The lowest BCUT2D eigenvalue weighted by atomic mass is 10.1. The van der Waals surface area contributed by atoms with Crippen LogP contribution in [0.25, 0.3) is 0 Å². The third-order valence-corrected chi connectivity index (χ3v) is 5.11. The van der Waals surface area contributed by atoms with Gasteiger partial charge in [0.2, 0.25) is 11.8 Å². The Bertz CT molecular complexity index is 1230. The number of amides is 3. The summed E-state index contributed by atoms with van der Waals surface area (Å²) in [6.45, 7) is 1.60. The molecule has 1 aromatic carbocycles. The quantitative estimate of drug-likeness (QED) is 0.518. The molecule has 3 amide bonds. The maximum Gasteiger partial charge on any atom is 0.343 e. The van der Waals surface area contributed by atoms with Gasteiger partial charge in [-0.3, -0.25) is 19.9 Å². The number of benzene rings is 1. The van der Waals surface area contributed by atoms with Crippen LogP contribution in [0.5, 0.6) is 11.6 Å². The minimum absolute atomic E-state index is 0.0696. The van der Waals surface area contributed by atoms with E-state index in [1.165, 1.54) is 18.2 Å². The van der Waals surface area contributed by atoms with Crippen LogP contribution in [0.1, 0.15) is 18.2 Å². The number of halogens is 2. The molecule has 1 aliphatic rings. The normalized spacial score (nSPS) is 16.1. The number of nitrogens with one attached hydrogen (secondary N) is 3.